The van der Waals surface area contributed by atoms with E-state index in [1.54, 1.807) is 18.6 Å². The minimum absolute atomic E-state index is 0.338. The van der Waals surface area contributed by atoms with Crippen molar-refractivity contribution >= 4 is 17.5 Å². The Balaban J connectivity index is 1.50. The molecule has 24 heavy (non-hydrogen) atoms. The van der Waals surface area contributed by atoms with Crippen molar-refractivity contribution in [1.82, 2.24) is 9.97 Å². The molecule has 2 heterocycles. The number of hydrogen-bond donors (Lipinski definition) is 3. The van der Waals surface area contributed by atoms with Gasteiger partial charge in [0.05, 0.1) is 26.0 Å². The molecular formula is C16H20N6O2. The standard InChI is InChI=1S/C16H20N6O2/c17-16(21-7-6-20-15-11-18-4-5-19-15)22-12-2-3-13-14(10-12)24-9-1-8-23-13/h2-5,10-11H,1,6-9H2,(H,19,20)(H3,17,21,22). The number of guanidine groups is 1. The van der Waals surface area contributed by atoms with Crippen LogP contribution in [0.15, 0.2) is 41.8 Å². The average Bonchev–Trinajstić information content (AvgIpc) is 2.84. The number of anilines is 2. The van der Waals surface area contributed by atoms with E-state index in [1.807, 2.05) is 18.2 Å². The Labute approximate surface area is 140 Å². The topological polar surface area (TPSA) is 107 Å². The van der Waals surface area contributed by atoms with Gasteiger partial charge < -0.3 is 25.8 Å². The summed E-state index contributed by atoms with van der Waals surface area (Å²) in [5, 5.41) is 6.16. The molecule has 1 aromatic carbocycles. The van der Waals surface area contributed by atoms with E-state index in [2.05, 4.69) is 25.6 Å². The molecule has 0 radical (unpaired) electrons. The summed E-state index contributed by atoms with van der Waals surface area (Å²) in [7, 11) is 0. The maximum atomic E-state index is 5.90. The van der Waals surface area contributed by atoms with Gasteiger partial charge >= 0.3 is 0 Å². The van der Waals surface area contributed by atoms with Crippen LogP contribution in [0.25, 0.3) is 0 Å². The SMILES string of the molecule is NC(=NCCNc1cnccn1)Nc1ccc2c(c1)OCCCO2. The van der Waals surface area contributed by atoms with Gasteiger partial charge in [0, 0.05) is 37.1 Å². The molecule has 8 heteroatoms. The number of hydrogen-bond acceptors (Lipinski definition) is 6. The van der Waals surface area contributed by atoms with Crippen LogP contribution in [0.4, 0.5) is 11.5 Å². The summed E-state index contributed by atoms with van der Waals surface area (Å²) in [6.45, 7) is 2.44. The highest BCUT2D eigenvalue weighted by atomic mass is 16.5. The van der Waals surface area contributed by atoms with Crippen molar-refractivity contribution in [1.29, 1.82) is 0 Å². The van der Waals surface area contributed by atoms with E-state index >= 15 is 0 Å². The van der Waals surface area contributed by atoms with Crippen molar-refractivity contribution in [2.45, 2.75) is 6.42 Å². The van der Waals surface area contributed by atoms with Gasteiger partial charge in [-0.05, 0) is 12.1 Å². The quantitative estimate of drug-likeness (QED) is 0.433. The van der Waals surface area contributed by atoms with Gasteiger partial charge in [0.15, 0.2) is 17.5 Å². The summed E-state index contributed by atoms with van der Waals surface area (Å²) in [6.07, 6.45) is 5.79. The van der Waals surface area contributed by atoms with Gasteiger partial charge in [0.2, 0.25) is 0 Å². The Hall–Kier alpha value is -3.03. The lowest BCUT2D eigenvalue weighted by atomic mass is 10.3. The first-order chi connectivity index (χ1) is 11.8. The largest absolute Gasteiger partial charge is 0.490 e. The van der Waals surface area contributed by atoms with Crippen LogP contribution in [0.1, 0.15) is 6.42 Å². The number of aliphatic imine (C=N–C) groups is 1. The van der Waals surface area contributed by atoms with Gasteiger partial charge in [-0.1, -0.05) is 0 Å². The number of nitrogens with zero attached hydrogens (tertiary/aromatic N) is 3. The van der Waals surface area contributed by atoms with Gasteiger partial charge in [-0.3, -0.25) is 9.98 Å². The molecular weight excluding hydrogens is 308 g/mol. The Morgan fingerprint density at radius 2 is 2.08 bits per heavy atom. The predicted octanol–water partition coefficient (Wildman–Crippen LogP) is 1.48. The van der Waals surface area contributed by atoms with Crippen molar-refractivity contribution in [3.05, 3.63) is 36.8 Å². The molecule has 0 atom stereocenters. The van der Waals surface area contributed by atoms with Crippen molar-refractivity contribution in [3.63, 3.8) is 0 Å². The molecule has 0 amide bonds. The van der Waals surface area contributed by atoms with Gasteiger partial charge in [-0.15, -0.1) is 0 Å². The van der Waals surface area contributed by atoms with E-state index in [1.165, 1.54) is 0 Å². The molecule has 0 spiro atoms. The Morgan fingerprint density at radius 3 is 2.92 bits per heavy atom. The summed E-state index contributed by atoms with van der Waals surface area (Å²) < 4.78 is 11.2. The number of nitrogens with two attached hydrogens (primary N) is 1. The fourth-order valence-electron chi connectivity index (χ4n) is 2.18. The van der Waals surface area contributed by atoms with Gasteiger partial charge in [-0.2, -0.15) is 0 Å². The molecule has 4 N–H and O–H groups in total. The van der Waals surface area contributed by atoms with Crippen LogP contribution in [-0.4, -0.2) is 42.2 Å². The average molecular weight is 328 g/mol. The molecule has 0 fully saturated rings. The summed E-state index contributed by atoms with van der Waals surface area (Å²) in [5.74, 6) is 2.52. The summed E-state index contributed by atoms with van der Waals surface area (Å²) in [4.78, 5) is 12.4. The Bertz CT molecular complexity index is 692. The number of aromatic nitrogens is 2. The fraction of sp³-hybridized carbons (Fsp3) is 0.312. The van der Waals surface area contributed by atoms with E-state index in [0.29, 0.717) is 38.1 Å². The summed E-state index contributed by atoms with van der Waals surface area (Å²) >= 11 is 0. The Kier molecular flexibility index (Phi) is 5.28. The van der Waals surface area contributed by atoms with E-state index in [-0.39, 0.29) is 0 Å². The molecule has 1 aliphatic heterocycles. The highest BCUT2D eigenvalue weighted by Crippen LogP contribution is 2.32. The lowest BCUT2D eigenvalue weighted by Gasteiger charge is -2.10. The summed E-state index contributed by atoms with van der Waals surface area (Å²) in [6, 6.07) is 5.61. The Morgan fingerprint density at radius 1 is 1.21 bits per heavy atom. The first-order valence-electron chi connectivity index (χ1n) is 7.78. The number of ether oxygens (including phenoxy) is 2. The van der Waals surface area contributed by atoms with Crippen molar-refractivity contribution in [3.8, 4) is 11.5 Å². The van der Waals surface area contributed by atoms with Crippen LogP contribution in [0.3, 0.4) is 0 Å². The smallest absolute Gasteiger partial charge is 0.193 e. The highest BCUT2D eigenvalue weighted by molar-refractivity contribution is 5.92. The molecule has 0 saturated heterocycles. The van der Waals surface area contributed by atoms with Crippen LogP contribution in [0.5, 0.6) is 11.5 Å². The van der Waals surface area contributed by atoms with E-state index in [0.717, 1.165) is 23.6 Å². The lowest BCUT2D eigenvalue weighted by molar-refractivity contribution is 0.297. The lowest BCUT2D eigenvalue weighted by Crippen LogP contribution is -2.23. The number of nitrogens with one attached hydrogen (secondary N) is 2. The zero-order chi connectivity index (χ0) is 16.6. The van der Waals surface area contributed by atoms with Crippen LogP contribution < -0.4 is 25.8 Å². The van der Waals surface area contributed by atoms with Crippen LogP contribution >= 0.6 is 0 Å². The molecule has 126 valence electrons. The van der Waals surface area contributed by atoms with Crippen LogP contribution in [0.2, 0.25) is 0 Å². The van der Waals surface area contributed by atoms with Gasteiger partial charge in [0.1, 0.15) is 5.82 Å². The second kappa shape index (κ2) is 8.00. The second-order valence-corrected chi connectivity index (χ2v) is 5.12. The third-order valence-corrected chi connectivity index (χ3v) is 3.28. The van der Waals surface area contributed by atoms with E-state index in [9.17, 15) is 0 Å². The van der Waals surface area contributed by atoms with Crippen molar-refractivity contribution in [2.75, 3.05) is 36.9 Å². The third kappa shape index (κ3) is 4.48. The minimum Gasteiger partial charge on any atom is -0.490 e. The second-order valence-electron chi connectivity index (χ2n) is 5.12. The van der Waals surface area contributed by atoms with Gasteiger partial charge in [-0.25, -0.2) is 4.98 Å². The number of benzene rings is 1. The maximum absolute atomic E-state index is 5.90. The van der Waals surface area contributed by atoms with Crippen molar-refractivity contribution < 1.29 is 9.47 Å². The molecule has 1 aliphatic rings. The molecule has 8 nitrogen and oxygen atoms in total. The molecule has 2 aromatic rings. The molecule has 1 aromatic heterocycles. The van der Waals surface area contributed by atoms with Gasteiger partial charge in [0.25, 0.3) is 0 Å². The monoisotopic (exact) mass is 328 g/mol. The van der Waals surface area contributed by atoms with E-state index in [4.69, 9.17) is 15.2 Å². The molecule has 3 rings (SSSR count). The minimum atomic E-state index is 0.338. The zero-order valence-corrected chi connectivity index (χ0v) is 13.2. The fourth-order valence-corrected chi connectivity index (χ4v) is 2.18. The normalized spacial score (nSPS) is 13.9. The summed E-state index contributed by atoms with van der Waals surface area (Å²) in [5.41, 5.74) is 6.71. The van der Waals surface area contributed by atoms with E-state index < -0.39 is 0 Å². The molecule has 0 bridgehead atoms. The first kappa shape index (κ1) is 15.9. The zero-order valence-electron chi connectivity index (χ0n) is 13.2. The highest BCUT2D eigenvalue weighted by Gasteiger charge is 2.10. The van der Waals surface area contributed by atoms with Crippen LogP contribution in [0, 0.1) is 0 Å². The maximum Gasteiger partial charge on any atom is 0.193 e. The number of rotatable bonds is 5. The first-order valence-corrected chi connectivity index (χ1v) is 7.78. The molecule has 0 unspecified atom stereocenters. The number of fused-ring (bicyclic) bond motifs is 1. The predicted molar refractivity (Wildman–Crippen MR) is 92.7 cm³/mol. The molecule has 0 saturated carbocycles. The van der Waals surface area contributed by atoms with Crippen molar-refractivity contribution in [2.24, 2.45) is 10.7 Å². The molecule has 0 aliphatic carbocycles. The van der Waals surface area contributed by atoms with Crippen LogP contribution in [-0.2, 0) is 0 Å². The third-order valence-electron chi connectivity index (χ3n) is 3.28.